The third-order valence-electron chi connectivity index (χ3n) is 4.90. The van der Waals surface area contributed by atoms with E-state index in [0.29, 0.717) is 12.5 Å². The summed E-state index contributed by atoms with van der Waals surface area (Å²) in [6.07, 6.45) is 2.61. The van der Waals surface area contributed by atoms with E-state index < -0.39 is 0 Å². The summed E-state index contributed by atoms with van der Waals surface area (Å²) in [4.78, 5) is 15.7. The minimum atomic E-state index is -0.276. The van der Waals surface area contributed by atoms with Crippen LogP contribution in [-0.2, 0) is 11.4 Å². The minimum Gasteiger partial charge on any atom is -0.487 e. The molecule has 2 aromatic carbocycles. The van der Waals surface area contributed by atoms with Crippen molar-refractivity contribution in [1.82, 2.24) is 10.3 Å². The zero-order valence-corrected chi connectivity index (χ0v) is 17.4. The van der Waals surface area contributed by atoms with E-state index >= 15 is 0 Å². The van der Waals surface area contributed by atoms with Crippen molar-refractivity contribution < 1.29 is 9.53 Å². The van der Waals surface area contributed by atoms with E-state index in [1.165, 1.54) is 0 Å². The molecule has 154 valence electrons. The van der Waals surface area contributed by atoms with Gasteiger partial charge in [-0.25, -0.2) is 0 Å². The van der Waals surface area contributed by atoms with Gasteiger partial charge in [-0.3, -0.25) is 4.79 Å². The summed E-state index contributed by atoms with van der Waals surface area (Å²) in [6.45, 7) is 4.72. The molecule has 0 fully saturated rings. The third kappa shape index (κ3) is 5.74. The number of H-pyrrole nitrogens is 1. The molecule has 0 radical (unpaired) electrons. The van der Waals surface area contributed by atoms with Crippen LogP contribution in [-0.4, -0.2) is 17.4 Å². The fourth-order valence-electron chi connectivity index (χ4n) is 3.41. The fourth-order valence-corrected chi connectivity index (χ4v) is 3.41. The summed E-state index contributed by atoms with van der Waals surface area (Å²) in [6, 6.07) is 21.9. The summed E-state index contributed by atoms with van der Waals surface area (Å²) in [5.74, 6) is 0.790. The van der Waals surface area contributed by atoms with Gasteiger partial charge in [0, 0.05) is 6.20 Å². The van der Waals surface area contributed by atoms with Crippen molar-refractivity contribution in [2.45, 2.75) is 32.8 Å². The van der Waals surface area contributed by atoms with Crippen LogP contribution < -0.4 is 10.1 Å². The molecule has 30 heavy (non-hydrogen) atoms. The van der Waals surface area contributed by atoms with Crippen molar-refractivity contribution in [3.63, 3.8) is 0 Å². The predicted octanol–water partition coefficient (Wildman–Crippen LogP) is 5.03. The Hall–Kier alpha value is -3.52. The Balaban J connectivity index is 1.75. The maximum absolute atomic E-state index is 12.6. The van der Waals surface area contributed by atoms with Crippen LogP contribution in [0.25, 0.3) is 11.1 Å². The molecule has 1 atom stereocenters. The number of ether oxygens (including phenoxy) is 1. The van der Waals surface area contributed by atoms with E-state index in [-0.39, 0.29) is 18.4 Å². The number of aromatic amines is 1. The number of amides is 1. The Morgan fingerprint density at radius 3 is 2.57 bits per heavy atom. The standard InChI is InChI=1S/C25H27N3O2/c1-18(2)15-24(25(29)28-14-12-26)21-6-3-5-20(16-21)19-8-10-23(11-9-19)30-17-22-7-4-13-27-22/h3-11,13,16,18,24,27H,14-15,17H2,1-2H3,(H,28,29). The van der Waals surface area contributed by atoms with Crippen LogP contribution in [0, 0.1) is 17.2 Å². The number of carbonyl (C=O) groups is 1. The average Bonchev–Trinajstić information content (AvgIpc) is 3.28. The first kappa shape index (κ1) is 21.2. The molecule has 0 aliphatic rings. The Labute approximate surface area is 177 Å². The molecule has 0 aliphatic carbocycles. The number of rotatable bonds is 9. The van der Waals surface area contributed by atoms with Gasteiger partial charge in [0.1, 0.15) is 18.9 Å². The van der Waals surface area contributed by atoms with Crippen LogP contribution in [0.5, 0.6) is 5.75 Å². The van der Waals surface area contributed by atoms with E-state index in [1.54, 1.807) is 0 Å². The smallest absolute Gasteiger partial charge is 0.228 e. The van der Waals surface area contributed by atoms with Crippen molar-refractivity contribution in [2.24, 2.45) is 5.92 Å². The van der Waals surface area contributed by atoms with E-state index in [0.717, 1.165) is 34.6 Å². The maximum atomic E-state index is 12.6. The highest BCUT2D eigenvalue weighted by molar-refractivity contribution is 5.84. The number of benzene rings is 2. The molecule has 1 heterocycles. The van der Waals surface area contributed by atoms with Crippen LogP contribution >= 0.6 is 0 Å². The van der Waals surface area contributed by atoms with E-state index in [1.807, 2.05) is 66.9 Å². The van der Waals surface area contributed by atoms with Gasteiger partial charge in [0.05, 0.1) is 17.7 Å². The Bertz CT molecular complexity index is 986. The molecule has 3 rings (SSSR count). The second kappa shape index (κ2) is 10.3. The van der Waals surface area contributed by atoms with Gasteiger partial charge in [-0.15, -0.1) is 0 Å². The van der Waals surface area contributed by atoms with Gasteiger partial charge in [0.2, 0.25) is 5.91 Å². The first-order valence-corrected chi connectivity index (χ1v) is 10.2. The maximum Gasteiger partial charge on any atom is 0.228 e. The second-order valence-corrected chi connectivity index (χ2v) is 7.69. The molecule has 0 bridgehead atoms. The highest BCUT2D eigenvalue weighted by Crippen LogP contribution is 2.29. The normalized spacial score (nSPS) is 11.7. The molecule has 5 heteroatoms. The molecule has 0 spiro atoms. The lowest BCUT2D eigenvalue weighted by atomic mass is 9.88. The Morgan fingerprint density at radius 2 is 1.90 bits per heavy atom. The second-order valence-electron chi connectivity index (χ2n) is 7.69. The molecule has 0 saturated carbocycles. The van der Waals surface area contributed by atoms with Gasteiger partial charge in [-0.1, -0.05) is 50.2 Å². The Kier molecular flexibility index (Phi) is 7.29. The topological polar surface area (TPSA) is 77.9 Å². The molecule has 0 aliphatic heterocycles. The number of carbonyl (C=O) groups excluding carboxylic acids is 1. The van der Waals surface area contributed by atoms with Crippen LogP contribution in [0.2, 0.25) is 0 Å². The number of hydrogen-bond donors (Lipinski definition) is 2. The lowest BCUT2D eigenvalue weighted by Gasteiger charge is -2.19. The molecular formula is C25H27N3O2. The molecule has 2 N–H and O–H groups in total. The van der Waals surface area contributed by atoms with Gasteiger partial charge >= 0.3 is 0 Å². The summed E-state index contributed by atoms with van der Waals surface area (Å²) in [5.41, 5.74) is 4.09. The number of nitrogens with zero attached hydrogens (tertiary/aromatic N) is 1. The van der Waals surface area contributed by atoms with E-state index in [9.17, 15) is 4.79 Å². The minimum absolute atomic E-state index is 0.0249. The van der Waals surface area contributed by atoms with Crippen LogP contribution in [0.4, 0.5) is 0 Å². The van der Waals surface area contributed by atoms with Crippen molar-refractivity contribution in [3.8, 4) is 22.9 Å². The molecule has 1 aromatic heterocycles. The van der Waals surface area contributed by atoms with Crippen molar-refractivity contribution in [1.29, 1.82) is 5.26 Å². The lowest BCUT2D eigenvalue weighted by Crippen LogP contribution is -2.30. The Morgan fingerprint density at radius 1 is 1.10 bits per heavy atom. The number of aromatic nitrogens is 1. The quantitative estimate of drug-likeness (QED) is 0.494. The molecule has 1 unspecified atom stereocenters. The largest absolute Gasteiger partial charge is 0.487 e. The lowest BCUT2D eigenvalue weighted by molar-refractivity contribution is -0.122. The average molecular weight is 402 g/mol. The van der Waals surface area contributed by atoms with Crippen LogP contribution in [0.15, 0.2) is 66.9 Å². The number of nitriles is 1. The first-order chi connectivity index (χ1) is 14.6. The molecule has 3 aromatic rings. The van der Waals surface area contributed by atoms with Crippen LogP contribution in [0.3, 0.4) is 0 Å². The summed E-state index contributed by atoms with van der Waals surface area (Å²) in [5, 5.41) is 11.5. The predicted molar refractivity (Wildman–Crippen MR) is 118 cm³/mol. The van der Waals surface area contributed by atoms with Gasteiger partial charge in [0.25, 0.3) is 0 Å². The zero-order valence-electron chi connectivity index (χ0n) is 17.4. The van der Waals surface area contributed by atoms with Crippen LogP contribution in [0.1, 0.15) is 37.4 Å². The number of hydrogen-bond acceptors (Lipinski definition) is 3. The van der Waals surface area contributed by atoms with Gasteiger partial charge in [0.15, 0.2) is 0 Å². The van der Waals surface area contributed by atoms with Gasteiger partial charge < -0.3 is 15.0 Å². The third-order valence-corrected chi connectivity index (χ3v) is 4.90. The summed E-state index contributed by atoms with van der Waals surface area (Å²) < 4.78 is 5.81. The summed E-state index contributed by atoms with van der Waals surface area (Å²) >= 11 is 0. The number of nitrogens with one attached hydrogen (secondary N) is 2. The monoisotopic (exact) mass is 401 g/mol. The van der Waals surface area contributed by atoms with Crippen molar-refractivity contribution >= 4 is 5.91 Å². The fraction of sp³-hybridized carbons (Fsp3) is 0.280. The molecule has 5 nitrogen and oxygen atoms in total. The summed E-state index contributed by atoms with van der Waals surface area (Å²) in [7, 11) is 0. The molecule has 1 amide bonds. The van der Waals surface area contributed by atoms with Crippen molar-refractivity contribution in [2.75, 3.05) is 6.54 Å². The van der Waals surface area contributed by atoms with Gasteiger partial charge in [-0.05, 0) is 53.3 Å². The van der Waals surface area contributed by atoms with Crippen molar-refractivity contribution in [3.05, 3.63) is 78.1 Å². The zero-order chi connectivity index (χ0) is 21.3. The first-order valence-electron chi connectivity index (χ1n) is 10.2. The highest BCUT2D eigenvalue weighted by atomic mass is 16.5. The molecule has 0 saturated heterocycles. The molecular weight excluding hydrogens is 374 g/mol. The van der Waals surface area contributed by atoms with E-state index in [4.69, 9.17) is 10.00 Å². The SMILES string of the molecule is CC(C)CC(C(=O)NCC#N)c1cccc(-c2ccc(OCc3ccc[nH]3)cc2)c1. The highest BCUT2D eigenvalue weighted by Gasteiger charge is 2.22. The van der Waals surface area contributed by atoms with E-state index in [2.05, 4.69) is 30.2 Å². The van der Waals surface area contributed by atoms with Gasteiger partial charge in [-0.2, -0.15) is 5.26 Å².